The van der Waals surface area contributed by atoms with Crippen LogP contribution in [-0.4, -0.2) is 36.6 Å². The van der Waals surface area contributed by atoms with Crippen molar-refractivity contribution >= 4 is 17.3 Å². The Hall–Kier alpha value is -3.29. The molecule has 1 atom stereocenters. The molecule has 0 aromatic heterocycles. The first kappa shape index (κ1) is 18.5. The molecule has 0 fully saturated rings. The molecule has 8 nitrogen and oxygen atoms in total. The summed E-state index contributed by atoms with van der Waals surface area (Å²) in [6, 6.07) is 13.6. The number of nitrogens with zero attached hydrogens (tertiary/aromatic N) is 1. The van der Waals surface area contributed by atoms with Crippen molar-refractivity contribution in [2.24, 2.45) is 0 Å². The van der Waals surface area contributed by atoms with E-state index >= 15 is 0 Å². The van der Waals surface area contributed by atoms with Gasteiger partial charge in [0.1, 0.15) is 12.7 Å². The average molecular weight is 371 g/mol. The van der Waals surface area contributed by atoms with Gasteiger partial charge in [0.05, 0.1) is 11.5 Å². The first-order valence-corrected chi connectivity index (χ1v) is 8.75. The Balaban J connectivity index is 1.31. The second-order valence-corrected chi connectivity index (χ2v) is 6.14. The SMILES string of the molecule is O=C(CCCNc1ccc([N+](=O)[O-])cc1)NCC1COc2ccccc2O1. The van der Waals surface area contributed by atoms with E-state index in [4.69, 9.17) is 9.47 Å². The third kappa shape index (κ3) is 5.34. The summed E-state index contributed by atoms with van der Waals surface area (Å²) >= 11 is 0. The van der Waals surface area contributed by atoms with Crippen LogP contribution in [0.1, 0.15) is 12.8 Å². The van der Waals surface area contributed by atoms with Crippen LogP contribution < -0.4 is 20.1 Å². The van der Waals surface area contributed by atoms with Gasteiger partial charge in [-0.3, -0.25) is 14.9 Å². The molecule has 27 heavy (non-hydrogen) atoms. The molecule has 2 N–H and O–H groups in total. The van der Waals surface area contributed by atoms with Gasteiger partial charge in [-0.1, -0.05) is 12.1 Å². The van der Waals surface area contributed by atoms with Crippen molar-refractivity contribution in [3.8, 4) is 11.5 Å². The number of carbonyl (C=O) groups excluding carboxylic acids is 1. The Morgan fingerprint density at radius 3 is 2.63 bits per heavy atom. The summed E-state index contributed by atoms with van der Waals surface area (Å²) in [5, 5.41) is 16.6. The maximum absolute atomic E-state index is 12.0. The number of nitro groups is 1. The van der Waals surface area contributed by atoms with Crippen LogP contribution in [-0.2, 0) is 4.79 Å². The molecule has 1 heterocycles. The Kier molecular flexibility index (Phi) is 6.09. The summed E-state index contributed by atoms with van der Waals surface area (Å²) in [6.45, 7) is 1.39. The molecular formula is C19H21N3O5. The molecule has 0 radical (unpaired) electrons. The van der Waals surface area contributed by atoms with Gasteiger partial charge in [-0.2, -0.15) is 0 Å². The van der Waals surface area contributed by atoms with Crippen LogP contribution in [0.3, 0.4) is 0 Å². The van der Waals surface area contributed by atoms with Gasteiger partial charge >= 0.3 is 0 Å². The fourth-order valence-electron chi connectivity index (χ4n) is 2.66. The van der Waals surface area contributed by atoms with Crippen LogP contribution in [0.4, 0.5) is 11.4 Å². The van der Waals surface area contributed by atoms with Crippen LogP contribution in [0.5, 0.6) is 11.5 Å². The van der Waals surface area contributed by atoms with E-state index in [1.165, 1.54) is 12.1 Å². The summed E-state index contributed by atoms with van der Waals surface area (Å²) in [5.41, 5.74) is 0.837. The average Bonchev–Trinajstić information content (AvgIpc) is 2.70. The van der Waals surface area contributed by atoms with Crippen LogP contribution in [0, 0.1) is 10.1 Å². The van der Waals surface area contributed by atoms with Gasteiger partial charge in [0.2, 0.25) is 5.91 Å². The molecule has 1 unspecified atom stereocenters. The Morgan fingerprint density at radius 2 is 1.89 bits per heavy atom. The molecule has 3 rings (SSSR count). The van der Waals surface area contributed by atoms with Gasteiger partial charge in [0.15, 0.2) is 11.5 Å². The number of rotatable bonds is 8. The van der Waals surface area contributed by atoms with Gasteiger partial charge in [-0.15, -0.1) is 0 Å². The second-order valence-electron chi connectivity index (χ2n) is 6.14. The minimum Gasteiger partial charge on any atom is -0.486 e. The van der Waals surface area contributed by atoms with Gasteiger partial charge in [0, 0.05) is 30.8 Å². The lowest BCUT2D eigenvalue weighted by molar-refractivity contribution is -0.384. The van der Waals surface area contributed by atoms with Crippen molar-refractivity contribution in [1.82, 2.24) is 5.32 Å². The molecule has 0 saturated heterocycles. The first-order chi connectivity index (χ1) is 13.1. The van der Waals surface area contributed by atoms with E-state index in [1.54, 1.807) is 12.1 Å². The number of amides is 1. The van der Waals surface area contributed by atoms with Crippen molar-refractivity contribution in [3.05, 3.63) is 58.6 Å². The number of nitro benzene ring substituents is 1. The third-order valence-electron chi connectivity index (χ3n) is 4.08. The number of hydrogen-bond acceptors (Lipinski definition) is 6. The van der Waals surface area contributed by atoms with E-state index in [2.05, 4.69) is 10.6 Å². The maximum atomic E-state index is 12.0. The number of fused-ring (bicyclic) bond motifs is 1. The summed E-state index contributed by atoms with van der Waals surface area (Å²) in [6.07, 6.45) is 0.819. The van der Waals surface area contributed by atoms with Crippen LogP contribution in [0.2, 0.25) is 0 Å². The first-order valence-electron chi connectivity index (χ1n) is 8.75. The van der Waals surface area contributed by atoms with Crippen LogP contribution in [0.15, 0.2) is 48.5 Å². The Labute approximate surface area is 156 Å². The van der Waals surface area contributed by atoms with E-state index in [0.29, 0.717) is 38.3 Å². The number of nitrogens with one attached hydrogen (secondary N) is 2. The fraction of sp³-hybridized carbons (Fsp3) is 0.316. The molecule has 8 heteroatoms. The minimum atomic E-state index is -0.437. The molecule has 0 aliphatic carbocycles. The molecule has 1 amide bonds. The third-order valence-corrected chi connectivity index (χ3v) is 4.08. The maximum Gasteiger partial charge on any atom is 0.269 e. The van der Waals surface area contributed by atoms with E-state index in [-0.39, 0.29) is 17.7 Å². The number of carbonyl (C=O) groups is 1. The zero-order valence-corrected chi connectivity index (χ0v) is 14.7. The molecule has 1 aliphatic heterocycles. The number of hydrogen-bond donors (Lipinski definition) is 2. The van der Waals surface area contributed by atoms with Crippen LogP contribution in [0.25, 0.3) is 0 Å². The number of ether oxygens (including phenoxy) is 2. The van der Waals surface area contributed by atoms with Crippen molar-refractivity contribution in [3.63, 3.8) is 0 Å². The summed E-state index contributed by atoms with van der Waals surface area (Å²) in [4.78, 5) is 22.1. The number of anilines is 1. The zero-order chi connectivity index (χ0) is 19.1. The molecule has 142 valence electrons. The van der Waals surface area contributed by atoms with Crippen molar-refractivity contribution < 1.29 is 19.2 Å². The molecule has 0 saturated carbocycles. The van der Waals surface area contributed by atoms with Crippen molar-refractivity contribution in [2.45, 2.75) is 18.9 Å². The zero-order valence-electron chi connectivity index (χ0n) is 14.7. The number of para-hydroxylation sites is 2. The Bertz CT molecular complexity index is 794. The highest BCUT2D eigenvalue weighted by Gasteiger charge is 2.20. The quantitative estimate of drug-likeness (QED) is 0.420. The standard InChI is InChI=1S/C19H21N3O5/c23-19(6-3-11-20-14-7-9-15(10-8-14)22(24)25)21-12-16-13-26-17-4-1-2-5-18(17)27-16/h1-2,4-5,7-10,16,20H,3,6,11-13H2,(H,21,23). The fourth-order valence-corrected chi connectivity index (χ4v) is 2.66. The molecular weight excluding hydrogens is 350 g/mol. The smallest absolute Gasteiger partial charge is 0.269 e. The highest BCUT2D eigenvalue weighted by Crippen LogP contribution is 2.30. The number of benzene rings is 2. The highest BCUT2D eigenvalue weighted by atomic mass is 16.6. The van der Waals surface area contributed by atoms with Crippen LogP contribution >= 0.6 is 0 Å². The lowest BCUT2D eigenvalue weighted by atomic mass is 10.2. The molecule has 1 aliphatic rings. The largest absolute Gasteiger partial charge is 0.486 e. The normalized spacial score (nSPS) is 15.0. The Morgan fingerprint density at radius 1 is 1.15 bits per heavy atom. The summed E-state index contributed by atoms with van der Waals surface area (Å²) in [5.74, 6) is 1.36. The van der Waals surface area contributed by atoms with Crippen molar-refractivity contribution in [2.75, 3.05) is 25.0 Å². The number of non-ortho nitro benzene ring substituents is 1. The van der Waals surface area contributed by atoms with E-state index in [0.717, 1.165) is 11.4 Å². The minimum absolute atomic E-state index is 0.0523. The molecule has 2 aromatic rings. The monoisotopic (exact) mass is 371 g/mol. The molecule has 0 bridgehead atoms. The predicted octanol–water partition coefficient (Wildman–Crippen LogP) is 2.74. The lowest BCUT2D eigenvalue weighted by Gasteiger charge is -2.26. The topological polar surface area (TPSA) is 103 Å². The second kappa shape index (κ2) is 8.88. The highest BCUT2D eigenvalue weighted by molar-refractivity contribution is 5.75. The lowest BCUT2D eigenvalue weighted by Crippen LogP contribution is -2.40. The molecule has 0 spiro atoms. The summed E-state index contributed by atoms with van der Waals surface area (Å²) in [7, 11) is 0. The van der Waals surface area contributed by atoms with Gasteiger partial charge in [-0.25, -0.2) is 0 Å². The van der Waals surface area contributed by atoms with E-state index < -0.39 is 4.92 Å². The molecule has 2 aromatic carbocycles. The van der Waals surface area contributed by atoms with Gasteiger partial charge in [-0.05, 0) is 30.7 Å². The van der Waals surface area contributed by atoms with Gasteiger partial charge < -0.3 is 20.1 Å². The van der Waals surface area contributed by atoms with Gasteiger partial charge in [0.25, 0.3) is 5.69 Å². The van der Waals surface area contributed by atoms with Crippen molar-refractivity contribution in [1.29, 1.82) is 0 Å². The van der Waals surface area contributed by atoms with E-state index in [9.17, 15) is 14.9 Å². The predicted molar refractivity (Wildman–Crippen MR) is 100 cm³/mol. The summed E-state index contributed by atoms with van der Waals surface area (Å²) < 4.78 is 11.4. The van der Waals surface area contributed by atoms with E-state index in [1.807, 2.05) is 24.3 Å².